The standard InChI is InChI=1S/C16H24N2O5S/c1-7-10-11(8-18(6)15(22)23-16(3,4)5)24-13(17-9(2)19)12(10)14(20)21/h7-8H2,1-6H3,(H,17,19)(H,20,21). The summed E-state index contributed by atoms with van der Waals surface area (Å²) in [5.74, 6) is -1.44. The van der Waals surface area contributed by atoms with E-state index in [1.807, 2.05) is 6.92 Å². The summed E-state index contributed by atoms with van der Waals surface area (Å²) in [6, 6.07) is 0. The molecule has 1 rings (SSSR count). The average molecular weight is 356 g/mol. The van der Waals surface area contributed by atoms with Gasteiger partial charge >= 0.3 is 12.1 Å². The van der Waals surface area contributed by atoms with E-state index in [0.29, 0.717) is 21.9 Å². The lowest BCUT2D eigenvalue weighted by atomic mass is 10.1. The van der Waals surface area contributed by atoms with Crippen LogP contribution < -0.4 is 5.32 Å². The summed E-state index contributed by atoms with van der Waals surface area (Å²) >= 11 is 1.17. The number of carboxylic acid groups (broad SMARTS) is 1. The molecule has 0 radical (unpaired) electrons. The molecule has 7 nitrogen and oxygen atoms in total. The van der Waals surface area contributed by atoms with Crippen molar-refractivity contribution in [2.24, 2.45) is 0 Å². The molecule has 0 aliphatic heterocycles. The quantitative estimate of drug-likeness (QED) is 0.843. The fraction of sp³-hybridized carbons (Fsp3) is 0.562. The minimum atomic E-state index is -1.10. The van der Waals surface area contributed by atoms with Crippen molar-refractivity contribution in [1.82, 2.24) is 4.90 Å². The van der Waals surface area contributed by atoms with Crippen LogP contribution in [0.25, 0.3) is 0 Å². The molecule has 0 saturated carbocycles. The molecule has 0 unspecified atom stereocenters. The highest BCUT2D eigenvalue weighted by Gasteiger charge is 2.26. The topological polar surface area (TPSA) is 95.9 Å². The first kappa shape index (κ1) is 20.0. The van der Waals surface area contributed by atoms with Gasteiger partial charge in [0.15, 0.2) is 0 Å². The van der Waals surface area contributed by atoms with Gasteiger partial charge in [0.2, 0.25) is 5.91 Å². The van der Waals surface area contributed by atoms with E-state index >= 15 is 0 Å². The van der Waals surface area contributed by atoms with E-state index in [4.69, 9.17) is 4.74 Å². The maximum atomic E-state index is 12.1. The van der Waals surface area contributed by atoms with Crippen LogP contribution >= 0.6 is 11.3 Å². The summed E-state index contributed by atoms with van der Waals surface area (Å²) in [5.41, 5.74) is 0.0963. The summed E-state index contributed by atoms with van der Waals surface area (Å²) in [4.78, 5) is 37.0. The molecule has 0 aliphatic rings. The van der Waals surface area contributed by atoms with Gasteiger partial charge in [-0.1, -0.05) is 6.92 Å². The highest BCUT2D eigenvalue weighted by Crippen LogP contribution is 2.35. The summed E-state index contributed by atoms with van der Waals surface area (Å²) in [5, 5.41) is 12.3. The third-order valence-electron chi connectivity index (χ3n) is 3.03. The second-order valence-electron chi connectivity index (χ2n) is 6.38. The Morgan fingerprint density at radius 3 is 2.29 bits per heavy atom. The fourth-order valence-electron chi connectivity index (χ4n) is 2.11. The first-order chi connectivity index (χ1) is 11.0. The van der Waals surface area contributed by atoms with Crippen LogP contribution in [0.4, 0.5) is 9.80 Å². The van der Waals surface area contributed by atoms with Gasteiger partial charge in [0.05, 0.1) is 12.1 Å². The number of carbonyl (C=O) groups is 3. The van der Waals surface area contributed by atoms with Crippen molar-refractivity contribution in [2.75, 3.05) is 12.4 Å². The monoisotopic (exact) mass is 356 g/mol. The van der Waals surface area contributed by atoms with E-state index in [1.165, 1.54) is 23.2 Å². The normalized spacial score (nSPS) is 11.1. The van der Waals surface area contributed by atoms with Crippen LogP contribution in [0.15, 0.2) is 0 Å². The maximum Gasteiger partial charge on any atom is 0.410 e. The van der Waals surface area contributed by atoms with E-state index in [2.05, 4.69) is 5.32 Å². The number of anilines is 1. The molecule has 24 heavy (non-hydrogen) atoms. The van der Waals surface area contributed by atoms with Gasteiger partial charge in [0.1, 0.15) is 10.6 Å². The SMILES string of the molecule is CCc1c(CN(C)C(=O)OC(C)(C)C)sc(NC(C)=O)c1C(=O)O. The molecule has 1 aromatic rings. The smallest absolute Gasteiger partial charge is 0.410 e. The Balaban J connectivity index is 3.13. The van der Waals surface area contributed by atoms with Crippen LogP contribution in [-0.4, -0.2) is 40.6 Å². The summed E-state index contributed by atoms with van der Waals surface area (Å²) in [7, 11) is 1.59. The van der Waals surface area contributed by atoms with Crippen LogP contribution in [0.3, 0.4) is 0 Å². The van der Waals surface area contributed by atoms with Crippen molar-refractivity contribution in [3.05, 3.63) is 16.0 Å². The zero-order valence-corrected chi connectivity index (χ0v) is 15.7. The molecule has 0 spiro atoms. The lowest BCUT2D eigenvalue weighted by molar-refractivity contribution is -0.114. The zero-order valence-electron chi connectivity index (χ0n) is 14.8. The van der Waals surface area contributed by atoms with Gasteiger partial charge in [-0.05, 0) is 32.8 Å². The number of thiophene rings is 1. The molecule has 1 aromatic heterocycles. The third kappa shape index (κ3) is 5.23. The molecule has 1 heterocycles. The van der Waals surface area contributed by atoms with Crippen LogP contribution in [0, 0.1) is 0 Å². The number of hydrogen-bond donors (Lipinski definition) is 2. The van der Waals surface area contributed by atoms with E-state index in [-0.39, 0.29) is 18.0 Å². The largest absolute Gasteiger partial charge is 0.478 e. The Morgan fingerprint density at radius 1 is 1.29 bits per heavy atom. The second-order valence-corrected chi connectivity index (χ2v) is 7.49. The molecule has 134 valence electrons. The van der Waals surface area contributed by atoms with Crippen LogP contribution in [0.1, 0.15) is 55.4 Å². The molecule has 0 saturated heterocycles. The van der Waals surface area contributed by atoms with Gasteiger partial charge in [-0.25, -0.2) is 9.59 Å². The number of nitrogens with one attached hydrogen (secondary N) is 1. The third-order valence-corrected chi connectivity index (χ3v) is 4.17. The van der Waals surface area contributed by atoms with E-state index < -0.39 is 17.7 Å². The van der Waals surface area contributed by atoms with Gasteiger partial charge in [-0.2, -0.15) is 0 Å². The van der Waals surface area contributed by atoms with Crippen molar-refractivity contribution in [3.8, 4) is 0 Å². The Hall–Kier alpha value is -2.09. The van der Waals surface area contributed by atoms with Gasteiger partial charge in [-0.3, -0.25) is 4.79 Å². The first-order valence-corrected chi connectivity index (χ1v) is 8.37. The molecule has 0 fully saturated rings. The van der Waals surface area contributed by atoms with Gasteiger partial charge in [-0.15, -0.1) is 11.3 Å². The lowest BCUT2D eigenvalue weighted by Crippen LogP contribution is -2.33. The summed E-state index contributed by atoms with van der Waals surface area (Å²) in [6.45, 7) is 8.70. The minimum absolute atomic E-state index is 0.0882. The number of hydrogen-bond acceptors (Lipinski definition) is 5. The summed E-state index contributed by atoms with van der Waals surface area (Å²) in [6.07, 6.45) is -0.00854. The van der Waals surface area contributed by atoms with E-state index in [1.54, 1.807) is 27.8 Å². The number of carbonyl (C=O) groups excluding carboxylic acids is 2. The Morgan fingerprint density at radius 2 is 1.88 bits per heavy atom. The maximum absolute atomic E-state index is 12.1. The number of carboxylic acids is 1. The minimum Gasteiger partial charge on any atom is -0.478 e. The molecular formula is C16H24N2O5S. The van der Waals surface area contributed by atoms with E-state index in [9.17, 15) is 19.5 Å². The number of amides is 2. The predicted octanol–water partition coefficient (Wildman–Crippen LogP) is 3.33. The van der Waals surface area contributed by atoms with Crippen molar-refractivity contribution < 1.29 is 24.2 Å². The van der Waals surface area contributed by atoms with E-state index in [0.717, 1.165) is 0 Å². The highest BCUT2D eigenvalue weighted by atomic mass is 32.1. The molecular weight excluding hydrogens is 332 g/mol. The Labute approximate surface area is 145 Å². The lowest BCUT2D eigenvalue weighted by Gasteiger charge is -2.24. The summed E-state index contributed by atoms with van der Waals surface area (Å²) < 4.78 is 5.30. The first-order valence-electron chi connectivity index (χ1n) is 7.55. The van der Waals surface area contributed by atoms with Crippen LogP contribution in [0.5, 0.6) is 0 Å². The Bertz CT molecular complexity index is 646. The molecule has 0 bridgehead atoms. The van der Waals surface area contributed by atoms with Crippen LogP contribution in [0.2, 0.25) is 0 Å². The average Bonchev–Trinajstić information content (AvgIpc) is 2.73. The zero-order chi connectivity index (χ0) is 18.7. The number of nitrogens with zero attached hydrogens (tertiary/aromatic N) is 1. The van der Waals surface area contributed by atoms with Crippen molar-refractivity contribution >= 4 is 34.3 Å². The molecule has 2 amide bonds. The second kappa shape index (κ2) is 7.65. The molecule has 0 atom stereocenters. The number of ether oxygens (including phenoxy) is 1. The number of rotatable bonds is 5. The number of aromatic carboxylic acids is 1. The molecule has 0 aliphatic carbocycles. The Kier molecular flexibility index (Phi) is 6.36. The predicted molar refractivity (Wildman–Crippen MR) is 92.7 cm³/mol. The molecule has 2 N–H and O–H groups in total. The van der Waals surface area contributed by atoms with Gasteiger partial charge in [0.25, 0.3) is 0 Å². The van der Waals surface area contributed by atoms with Crippen molar-refractivity contribution in [1.29, 1.82) is 0 Å². The van der Waals surface area contributed by atoms with Crippen LogP contribution in [-0.2, 0) is 22.5 Å². The fourth-order valence-corrected chi connectivity index (χ4v) is 3.49. The highest BCUT2D eigenvalue weighted by molar-refractivity contribution is 7.17. The van der Waals surface area contributed by atoms with Gasteiger partial charge < -0.3 is 20.1 Å². The van der Waals surface area contributed by atoms with Crippen molar-refractivity contribution in [2.45, 2.75) is 53.2 Å². The van der Waals surface area contributed by atoms with Gasteiger partial charge in [0, 0.05) is 18.8 Å². The molecule has 0 aromatic carbocycles. The van der Waals surface area contributed by atoms with Crippen molar-refractivity contribution in [3.63, 3.8) is 0 Å². The molecule has 8 heteroatoms.